The van der Waals surface area contributed by atoms with Gasteiger partial charge in [-0.25, -0.2) is 0 Å². The molecule has 2 aromatic carbocycles. The van der Waals surface area contributed by atoms with Crippen molar-refractivity contribution >= 4 is 23.2 Å². The number of nitrogens with zero attached hydrogens (tertiary/aromatic N) is 2. The van der Waals surface area contributed by atoms with Crippen LogP contribution in [0.15, 0.2) is 48.5 Å². The molecule has 1 atom stereocenters. The van der Waals surface area contributed by atoms with Crippen LogP contribution >= 0.6 is 11.6 Å². The normalized spacial score (nSPS) is 15.7. The van der Waals surface area contributed by atoms with Crippen LogP contribution in [0.3, 0.4) is 0 Å². The van der Waals surface area contributed by atoms with Crippen molar-refractivity contribution in [2.45, 2.75) is 18.9 Å². The minimum absolute atomic E-state index is 0.0818. The summed E-state index contributed by atoms with van der Waals surface area (Å²) in [5.41, 5.74) is 3.02. The number of rotatable bonds is 6. The third-order valence-corrected chi connectivity index (χ3v) is 5.15. The fraction of sp³-hybridized carbons (Fsp3) is 0.381. The molecule has 1 fully saturated rings. The summed E-state index contributed by atoms with van der Waals surface area (Å²) in [6.07, 6.45) is 2.43. The van der Waals surface area contributed by atoms with Crippen molar-refractivity contribution in [2.75, 3.05) is 38.6 Å². The van der Waals surface area contributed by atoms with Crippen LogP contribution in [0.25, 0.3) is 0 Å². The lowest BCUT2D eigenvalue weighted by atomic mass is 10.0. The second-order valence-electron chi connectivity index (χ2n) is 6.97. The van der Waals surface area contributed by atoms with Gasteiger partial charge in [-0.2, -0.15) is 0 Å². The summed E-state index contributed by atoms with van der Waals surface area (Å²) in [4.78, 5) is 17.1. The number of anilines is 1. The van der Waals surface area contributed by atoms with Crippen LogP contribution in [0.1, 0.15) is 34.8 Å². The lowest BCUT2D eigenvalue weighted by Gasteiger charge is -2.28. The average Bonchev–Trinajstić information content (AvgIpc) is 3.16. The lowest BCUT2D eigenvalue weighted by molar-refractivity contribution is 0.0938. The van der Waals surface area contributed by atoms with Gasteiger partial charge in [0.15, 0.2) is 0 Å². The molecule has 1 amide bonds. The van der Waals surface area contributed by atoms with E-state index in [0.717, 1.165) is 13.1 Å². The van der Waals surface area contributed by atoms with Gasteiger partial charge in [0.1, 0.15) is 0 Å². The van der Waals surface area contributed by atoms with Crippen LogP contribution in [-0.4, -0.2) is 44.5 Å². The highest BCUT2D eigenvalue weighted by atomic mass is 35.5. The van der Waals surface area contributed by atoms with Crippen LogP contribution in [0, 0.1) is 0 Å². The van der Waals surface area contributed by atoms with E-state index in [1.54, 1.807) is 24.3 Å². The topological polar surface area (TPSA) is 35.6 Å². The number of likely N-dealkylation sites (tertiary alicyclic amines) is 1. The van der Waals surface area contributed by atoms with Crippen molar-refractivity contribution in [2.24, 2.45) is 0 Å². The van der Waals surface area contributed by atoms with Gasteiger partial charge in [0.05, 0.1) is 6.04 Å². The Labute approximate surface area is 160 Å². The minimum Gasteiger partial charge on any atom is -0.378 e. The summed E-state index contributed by atoms with van der Waals surface area (Å²) in [5, 5.41) is 3.67. The molecule has 0 aliphatic carbocycles. The van der Waals surface area contributed by atoms with E-state index in [4.69, 9.17) is 11.6 Å². The third-order valence-electron chi connectivity index (χ3n) is 4.92. The first-order valence-electron chi connectivity index (χ1n) is 9.10. The first-order chi connectivity index (χ1) is 12.5. The van der Waals surface area contributed by atoms with Crippen molar-refractivity contribution < 1.29 is 4.79 Å². The number of amides is 1. The molecule has 0 bridgehead atoms. The number of carbonyl (C=O) groups excluding carboxylic acids is 1. The fourth-order valence-corrected chi connectivity index (χ4v) is 3.62. The van der Waals surface area contributed by atoms with Crippen LogP contribution in [-0.2, 0) is 0 Å². The average molecular weight is 372 g/mol. The SMILES string of the molecule is CN(C)c1ccc([C@@H](CNC(=O)c2cccc(Cl)c2)N2CCCC2)cc1. The minimum atomic E-state index is -0.0818. The smallest absolute Gasteiger partial charge is 0.251 e. The summed E-state index contributed by atoms with van der Waals surface area (Å²) in [6, 6.07) is 15.9. The molecule has 1 saturated heterocycles. The second kappa shape index (κ2) is 8.56. The lowest BCUT2D eigenvalue weighted by Crippen LogP contribution is -2.36. The van der Waals surface area contributed by atoms with E-state index in [-0.39, 0.29) is 11.9 Å². The summed E-state index contributed by atoms with van der Waals surface area (Å²) >= 11 is 6.00. The molecule has 26 heavy (non-hydrogen) atoms. The standard InChI is InChI=1S/C21H26ClN3O/c1-24(2)19-10-8-16(9-11-19)20(25-12-3-4-13-25)15-23-21(26)17-6-5-7-18(22)14-17/h5-11,14,20H,3-4,12-13,15H2,1-2H3,(H,23,26)/t20-/m1/s1. The Balaban J connectivity index is 1.73. The van der Waals surface area contributed by atoms with Gasteiger partial charge in [0.25, 0.3) is 5.91 Å². The van der Waals surface area contributed by atoms with Gasteiger partial charge in [-0.3, -0.25) is 9.69 Å². The fourth-order valence-electron chi connectivity index (χ4n) is 3.43. The summed E-state index contributed by atoms with van der Waals surface area (Å²) in [5.74, 6) is -0.0818. The monoisotopic (exact) mass is 371 g/mol. The molecule has 0 spiro atoms. The Bertz CT molecular complexity index is 739. The third kappa shape index (κ3) is 4.57. The maximum atomic E-state index is 12.5. The zero-order chi connectivity index (χ0) is 18.5. The Morgan fingerprint density at radius 2 is 1.85 bits per heavy atom. The molecule has 1 N–H and O–H groups in total. The Hall–Kier alpha value is -2.04. The molecular formula is C21H26ClN3O. The Morgan fingerprint density at radius 3 is 2.46 bits per heavy atom. The molecule has 138 valence electrons. The molecule has 5 heteroatoms. The van der Waals surface area contributed by atoms with E-state index in [0.29, 0.717) is 17.1 Å². The number of carbonyl (C=O) groups is 1. The molecule has 1 heterocycles. The maximum Gasteiger partial charge on any atom is 0.251 e. The molecule has 1 aliphatic heterocycles. The first-order valence-corrected chi connectivity index (χ1v) is 9.47. The van der Waals surface area contributed by atoms with Crippen LogP contribution in [0.5, 0.6) is 0 Å². The van der Waals surface area contributed by atoms with Crippen LogP contribution in [0.2, 0.25) is 5.02 Å². The summed E-state index contributed by atoms with van der Waals surface area (Å²) in [7, 11) is 4.08. The molecule has 1 aliphatic rings. The van der Waals surface area contributed by atoms with Gasteiger partial charge >= 0.3 is 0 Å². The molecule has 2 aromatic rings. The van der Waals surface area contributed by atoms with Crippen molar-refractivity contribution in [1.82, 2.24) is 10.2 Å². The van der Waals surface area contributed by atoms with Gasteiger partial charge in [-0.1, -0.05) is 29.8 Å². The second-order valence-corrected chi connectivity index (χ2v) is 7.40. The van der Waals surface area contributed by atoms with Gasteiger partial charge in [0.2, 0.25) is 0 Å². The predicted octanol–water partition coefficient (Wildman–Crippen LogP) is 3.97. The maximum absolute atomic E-state index is 12.5. The zero-order valence-corrected chi connectivity index (χ0v) is 16.2. The summed E-state index contributed by atoms with van der Waals surface area (Å²) < 4.78 is 0. The van der Waals surface area contributed by atoms with Crippen molar-refractivity contribution in [3.05, 3.63) is 64.7 Å². The van der Waals surface area contributed by atoms with Gasteiger partial charge < -0.3 is 10.2 Å². The molecular weight excluding hydrogens is 346 g/mol. The predicted molar refractivity (Wildman–Crippen MR) is 108 cm³/mol. The molecule has 0 unspecified atom stereocenters. The highest BCUT2D eigenvalue weighted by molar-refractivity contribution is 6.30. The van der Waals surface area contributed by atoms with Crippen LogP contribution in [0.4, 0.5) is 5.69 Å². The van der Waals surface area contributed by atoms with E-state index in [1.807, 2.05) is 14.1 Å². The number of hydrogen-bond donors (Lipinski definition) is 1. The van der Waals surface area contributed by atoms with Crippen molar-refractivity contribution in [1.29, 1.82) is 0 Å². The zero-order valence-electron chi connectivity index (χ0n) is 15.4. The van der Waals surface area contributed by atoms with Crippen molar-refractivity contribution in [3.63, 3.8) is 0 Å². The van der Waals surface area contributed by atoms with Gasteiger partial charge in [0, 0.05) is 36.9 Å². The Kier molecular flexibility index (Phi) is 6.17. The highest BCUT2D eigenvalue weighted by Gasteiger charge is 2.24. The number of nitrogens with one attached hydrogen (secondary N) is 1. The van der Waals surface area contributed by atoms with E-state index >= 15 is 0 Å². The van der Waals surface area contributed by atoms with E-state index in [2.05, 4.69) is 39.4 Å². The Morgan fingerprint density at radius 1 is 1.15 bits per heavy atom. The summed E-state index contributed by atoms with van der Waals surface area (Å²) in [6.45, 7) is 2.74. The number of hydrogen-bond acceptors (Lipinski definition) is 3. The molecule has 3 rings (SSSR count). The number of benzene rings is 2. The van der Waals surface area contributed by atoms with Crippen molar-refractivity contribution in [3.8, 4) is 0 Å². The van der Waals surface area contributed by atoms with E-state index in [9.17, 15) is 4.79 Å². The molecule has 0 aromatic heterocycles. The van der Waals surface area contributed by atoms with Gasteiger partial charge in [-0.05, 0) is 61.8 Å². The molecule has 4 nitrogen and oxygen atoms in total. The van der Waals surface area contributed by atoms with E-state index in [1.165, 1.54) is 24.1 Å². The highest BCUT2D eigenvalue weighted by Crippen LogP contribution is 2.26. The first kappa shape index (κ1) is 18.7. The number of halogens is 1. The van der Waals surface area contributed by atoms with E-state index < -0.39 is 0 Å². The largest absolute Gasteiger partial charge is 0.378 e. The molecule has 0 saturated carbocycles. The van der Waals surface area contributed by atoms with Crippen LogP contribution < -0.4 is 10.2 Å². The van der Waals surface area contributed by atoms with Gasteiger partial charge in [-0.15, -0.1) is 0 Å². The molecule has 0 radical (unpaired) electrons. The quantitative estimate of drug-likeness (QED) is 0.834.